The fourth-order valence-electron chi connectivity index (χ4n) is 4.29. The van der Waals surface area contributed by atoms with Crippen molar-refractivity contribution >= 4 is 5.65 Å². The lowest BCUT2D eigenvalue weighted by molar-refractivity contribution is -0.932. The molecule has 1 saturated heterocycles. The van der Waals surface area contributed by atoms with Crippen LogP contribution in [0.25, 0.3) is 5.65 Å². The molecule has 0 bridgehead atoms. The zero-order valence-electron chi connectivity index (χ0n) is 16.6. The summed E-state index contributed by atoms with van der Waals surface area (Å²) in [5, 5.41) is 0. The van der Waals surface area contributed by atoms with E-state index in [4.69, 9.17) is 14.5 Å². The molecule has 2 aromatic heterocycles. The number of ether oxygens (including phenoxy) is 2. The Morgan fingerprint density at radius 3 is 2.82 bits per heavy atom. The van der Waals surface area contributed by atoms with Crippen LogP contribution in [-0.2, 0) is 6.54 Å². The maximum absolute atomic E-state index is 12.6. The molecule has 3 heterocycles. The molecular formula is C22H26N3O3+. The monoisotopic (exact) mass is 380 g/mol. The Morgan fingerprint density at radius 1 is 1.18 bits per heavy atom. The summed E-state index contributed by atoms with van der Waals surface area (Å²) < 4.78 is 12.6. The van der Waals surface area contributed by atoms with Crippen LogP contribution in [0.4, 0.5) is 0 Å². The van der Waals surface area contributed by atoms with Crippen LogP contribution in [0.2, 0.25) is 0 Å². The highest BCUT2D eigenvalue weighted by Crippen LogP contribution is 2.31. The van der Waals surface area contributed by atoms with Gasteiger partial charge in [0.15, 0.2) is 0 Å². The lowest BCUT2D eigenvalue weighted by Gasteiger charge is -2.23. The second-order valence-corrected chi connectivity index (χ2v) is 7.33. The summed E-state index contributed by atoms with van der Waals surface area (Å²) in [6, 6.07) is 13.8. The van der Waals surface area contributed by atoms with Gasteiger partial charge in [-0.25, -0.2) is 4.98 Å². The number of likely N-dealkylation sites (tertiary alicyclic amines) is 1. The average Bonchev–Trinajstić information content (AvgIpc) is 3.15. The number of benzene rings is 1. The minimum atomic E-state index is -0.0183. The Hall–Kier alpha value is -2.86. The Kier molecular flexibility index (Phi) is 5.05. The molecule has 1 unspecified atom stereocenters. The predicted octanol–water partition coefficient (Wildman–Crippen LogP) is 1.94. The number of aryl methyl sites for hydroxylation is 1. The number of pyridine rings is 1. The van der Waals surface area contributed by atoms with Gasteiger partial charge in [-0.05, 0) is 31.2 Å². The molecule has 6 nitrogen and oxygen atoms in total. The molecule has 28 heavy (non-hydrogen) atoms. The Morgan fingerprint density at radius 2 is 2.04 bits per heavy atom. The van der Waals surface area contributed by atoms with Gasteiger partial charge >= 0.3 is 0 Å². The van der Waals surface area contributed by atoms with Gasteiger partial charge in [0.1, 0.15) is 35.4 Å². The molecule has 0 amide bonds. The molecule has 4 rings (SSSR count). The third-order valence-corrected chi connectivity index (χ3v) is 5.64. The molecule has 0 saturated carbocycles. The van der Waals surface area contributed by atoms with E-state index in [1.807, 2.05) is 37.3 Å². The predicted molar refractivity (Wildman–Crippen MR) is 107 cm³/mol. The van der Waals surface area contributed by atoms with Crippen LogP contribution in [0.5, 0.6) is 11.5 Å². The first-order valence-corrected chi connectivity index (χ1v) is 9.65. The zero-order chi connectivity index (χ0) is 19.7. The number of rotatable bonds is 5. The molecule has 1 aliphatic heterocycles. The van der Waals surface area contributed by atoms with Crippen molar-refractivity contribution < 1.29 is 14.4 Å². The molecule has 3 aromatic rings. The number of methoxy groups -OCH3 is 2. The normalized spacial score (nSPS) is 19.1. The molecule has 1 N–H and O–H groups in total. The van der Waals surface area contributed by atoms with Gasteiger partial charge in [-0.3, -0.25) is 9.20 Å². The summed E-state index contributed by atoms with van der Waals surface area (Å²) in [6.07, 6.45) is 2.23. The number of quaternary nitrogens is 1. The van der Waals surface area contributed by atoms with Crippen LogP contribution in [0.3, 0.4) is 0 Å². The second-order valence-electron chi connectivity index (χ2n) is 7.33. The molecule has 0 aliphatic carbocycles. The van der Waals surface area contributed by atoms with Crippen LogP contribution in [0.15, 0.2) is 47.3 Å². The highest BCUT2D eigenvalue weighted by Gasteiger charge is 2.32. The largest absolute Gasteiger partial charge is 0.497 e. The molecule has 146 valence electrons. The molecule has 0 radical (unpaired) electrons. The van der Waals surface area contributed by atoms with E-state index in [2.05, 4.69) is 6.07 Å². The van der Waals surface area contributed by atoms with Gasteiger partial charge in [0.25, 0.3) is 5.56 Å². The molecule has 1 fully saturated rings. The molecule has 2 atom stereocenters. The quantitative estimate of drug-likeness (QED) is 0.735. The van der Waals surface area contributed by atoms with Gasteiger partial charge in [0.05, 0.1) is 26.3 Å². The van der Waals surface area contributed by atoms with E-state index in [0.717, 1.165) is 48.8 Å². The second kappa shape index (κ2) is 7.64. The fraction of sp³-hybridized carbons (Fsp3) is 0.364. The number of aromatic nitrogens is 2. The fourth-order valence-corrected chi connectivity index (χ4v) is 4.29. The van der Waals surface area contributed by atoms with E-state index >= 15 is 0 Å². The summed E-state index contributed by atoms with van der Waals surface area (Å²) in [6.45, 7) is 3.70. The van der Waals surface area contributed by atoms with Crippen LogP contribution >= 0.6 is 0 Å². The van der Waals surface area contributed by atoms with Crippen molar-refractivity contribution in [3.05, 3.63) is 69.8 Å². The first-order chi connectivity index (χ1) is 13.6. The zero-order valence-corrected chi connectivity index (χ0v) is 16.6. The number of hydrogen-bond acceptors (Lipinski definition) is 4. The Labute approximate surface area is 164 Å². The highest BCUT2D eigenvalue weighted by atomic mass is 16.5. The summed E-state index contributed by atoms with van der Waals surface area (Å²) in [5.41, 5.74) is 3.61. The van der Waals surface area contributed by atoms with E-state index in [1.165, 1.54) is 10.5 Å². The lowest BCUT2D eigenvalue weighted by atomic mass is 10.0. The summed E-state index contributed by atoms with van der Waals surface area (Å²) in [5.74, 6) is 1.64. The lowest BCUT2D eigenvalue weighted by Crippen LogP contribution is -3.09. The van der Waals surface area contributed by atoms with Crippen LogP contribution in [-0.4, -0.2) is 30.1 Å². The number of fused-ring (bicyclic) bond motifs is 1. The minimum absolute atomic E-state index is 0.0183. The molecule has 1 aromatic carbocycles. The van der Waals surface area contributed by atoms with E-state index in [1.54, 1.807) is 24.7 Å². The third kappa shape index (κ3) is 3.36. The van der Waals surface area contributed by atoms with Crippen molar-refractivity contribution in [2.24, 2.45) is 0 Å². The van der Waals surface area contributed by atoms with Crippen LogP contribution in [0, 0.1) is 6.92 Å². The average molecular weight is 380 g/mol. The van der Waals surface area contributed by atoms with Gasteiger partial charge in [-0.2, -0.15) is 0 Å². The number of hydrogen-bond donors (Lipinski definition) is 1. The van der Waals surface area contributed by atoms with Gasteiger partial charge in [0, 0.05) is 30.7 Å². The minimum Gasteiger partial charge on any atom is -0.497 e. The summed E-state index contributed by atoms with van der Waals surface area (Å²) in [7, 11) is 3.36. The van der Waals surface area contributed by atoms with Crippen molar-refractivity contribution in [2.75, 3.05) is 20.8 Å². The van der Waals surface area contributed by atoms with Crippen molar-refractivity contribution in [1.29, 1.82) is 0 Å². The van der Waals surface area contributed by atoms with E-state index in [-0.39, 0.29) is 5.56 Å². The smallest absolute Gasteiger partial charge is 0.258 e. The van der Waals surface area contributed by atoms with Crippen molar-refractivity contribution in [1.82, 2.24) is 9.38 Å². The molecule has 0 spiro atoms. The van der Waals surface area contributed by atoms with Crippen molar-refractivity contribution in [3.8, 4) is 11.5 Å². The van der Waals surface area contributed by atoms with E-state index < -0.39 is 0 Å². The number of nitrogens with zero attached hydrogens (tertiary/aromatic N) is 2. The van der Waals surface area contributed by atoms with Gasteiger partial charge < -0.3 is 14.4 Å². The molecule has 6 heteroatoms. The highest BCUT2D eigenvalue weighted by molar-refractivity contribution is 5.42. The van der Waals surface area contributed by atoms with Gasteiger partial charge in [0.2, 0.25) is 0 Å². The standard InChI is InChI=1S/C22H25N3O3/c1-15-6-4-8-21-23-16(12-22(26)25(15)21)14-24-11-5-7-19(24)18-10-9-17(27-2)13-20(18)28-3/h4,6,8-10,12-13,19H,5,7,11,14H2,1-3H3/p+1/t19-/m0/s1. The summed E-state index contributed by atoms with van der Waals surface area (Å²) >= 11 is 0. The maximum atomic E-state index is 12.6. The third-order valence-electron chi connectivity index (χ3n) is 5.64. The van der Waals surface area contributed by atoms with Crippen molar-refractivity contribution in [3.63, 3.8) is 0 Å². The summed E-state index contributed by atoms with van der Waals surface area (Å²) in [4.78, 5) is 18.8. The van der Waals surface area contributed by atoms with Crippen molar-refractivity contribution in [2.45, 2.75) is 32.4 Å². The molecule has 1 aliphatic rings. The van der Waals surface area contributed by atoms with Gasteiger partial charge in [-0.15, -0.1) is 0 Å². The van der Waals surface area contributed by atoms with E-state index in [9.17, 15) is 4.79 Å². The van der Waals surface area contributed by atoms with Gasteiger partial charge in [-0.1, -0.05) is 6.07 Å². The molecular weight excluding hydrogens is 354 g/mol. The topological polar surface area (TPSA) is 57.3 Å². The maximum Gasteiger partial charge on any atom is 0.258 e. The first-order valence-electron chi connectivity index (χ1n) is 9.65. The Balaban J connectivity index is 1.65. The van der Waals surface area contributed by atoms with Crippen LogP contribution in [0.1, 0.15) is 35.8 Å². The van der Waals surface area contributed by atoms with E-state index in [0.29, 0.717) is 11.7 Å². The number of nitrogens with one attached hydrogen (secondary N) is 1. The SMILES string of the molecule is COc1ccc([C@@H]2CCC[NH+]2Cc2cc(=O)n3c(C)cccc3n2)c(OC)c1. The van der Waals surface area contributed by atoms with Crippen LogP contribution < -0.4 is 19.9 Å². The first kappa shape index (κ1) is 18.5. The Bertz CT molecular complexity index is 1060.